The maximum Gasteiger partial charge on any atom is 0.117 e. The van der Waals surface area contributed by atoms with Crippen LogP contribution in [0.2, 0.25) is 0 Å². The van der Waals surface area contributed by atoms with E-state index in [9.17, 15) is 0 Å². The normalized spacial score (nSPS) is 12.3. The van der Waals surface area contributed by atoms with Gasteiger partial charge >= 0.3 is 0 Å². The van der Waals surface area contributed by atoms with Gasteiger partial charge in [-0.15, -0.1) is 0 Å². The fourth-order valence-electron chi connectivity index (χ4n) is 1.84. The van der Waals surface area contributed by atoms with E-state index in [4.69, 9.17) is 4.84 Å². The van der Waals surface area contributed by atoms with Gasteiger partial charge in [0.2, 0.25) is 0 Å². The lowest BCUT2D eigenvalue weighted by molar-refractivity contribution is 0.117. The average Bonchev–Trinajstić information content (AvgIpc) is 2.46. The van der Waals surface area contributed by atoms with Gasteiger partial charge in [0.25, 0.3) is 0 Å². The second-order valence-corrected chi connectivity index (χ2v) is 7.19. The number of hydrogen-bond donors (Lipinski definition) is 0. The highest BCUT2D eigenvalue weighted by Gasteiger charge is 2.09. The average molecular weight is 317 g/mol. The second-order valence-electron chi connectivity index (χ2n) is 7.19. The van der Waals surface area contributed by atoms with E-state index in [0.717, 1.165) is 35.3 Å². The molecule has 1 aromatic rings. The molecule has 0 fully saturated rings. The van der Waals surface area contributed by atoms with Crippen molar-refractivity contribution in [2.24, 2.45) is 15.6 Å². The Morgan fingerprint density at radius 1 is 1.17 bits per heavy atom. The Hall–Kier alpha value is -1.84. The molecule has 0 radical (unpaired) electrons. The van der Waals surface area contributed by atoms with Crippen LogP contribution in [0.15, 0.2) is 22.3 Å². The molecule has 0 saturated heterocycles. The molecule has 0 heterocycles. The molecule has 0 aliphatic carbocycles. The van der Waals surface area contributed by atoms with Gasteiger partial charge in [0, 0.05) is 13.6 Å². The molecule has 4 heteroatoms. The van der Waals surface area contributed by atoms with Crippen molar-refractivity contribution >= 4 is 18.2 Å². The standard InChI is InChI=1S/C19H31N3O/c1-8-22(7)14-20-18-12-15(2)17(11-16(18)3)13-21-23-10-9-19(4,5)6/h11-14H,8-10H2,1-7H3/b20-14-,21-13+. The molecule has 128 valence electrons. The second kappa shape index (κ2) is 8.70. The first-order valence-corrected chi connectivity index (χ1v) is 8.24. The van der Waals surface area contributed by atoms with Crippen molar-refractivity contribution in [2.75, 3.05) is 20.2 Å². The highest BCUT2D eigenvalue weighted by molar-refractivity contribution is 5.83. The summed E-state index contributed by atoms with van der Waals surface area (Å²) in [6.45, 7) is 14.4. The summed E-state index contributed by atoms with van der Waals surface area (Å²) >= 11 is 0. The lowest BCUT2D eigenvalue weighted by atomic mass is 9.93. The van der Waals surface area contributed by atoms with E-state index < -0.39 is 0 Å². The summed E-state index contributed by atoms with van der Waals surface area (Å²) in [7, 11) is 2.02. The van der Waals surface area contributed by atoms with Crippen molar-refractivity contribution in [1.29, 1.82) is 0 Å². The highest BCUT2D eigenvalue weighted by Crippen LogP contribution is 2.22. The van der Waals surface area contributed by atoms with Crippen molar-refractivity contribution in [3.63, 3.8) is 0 Å². The van der Waals surface area contributed by atoms with Crippen LogP contribution in [0.25, 0.3) is 0 Å². The first-order valence-electron chi connectivity index (χ1n) is 8.24. The van der Waals surface area contributed by atoms with Gasteiger partial charge in [0.1, 0.15) is 6.61 Å². The van der Waals surface area contributed by atoms with Gasteiger partial charge < -0.3 is 9.74 Å². The smallest absolute Gasteiger partial charge is 0.117 e. The van der Waals surface area contributed by atoms with Gasteiger partial charge in [-0.3, -0.25) is 0 Å². The molecule has 0 aromatic heterocycles. The Kier molecular flexibility index (Phi) is 7.27. The van der Waals surface area contributed by atoms with Gasteiger partial charge in [-0.1, -0.05) is 25.9 Å². The van der Waals surface area contributed by atoms with Crippen LogP contribution >= 0.6 is 0 Å². The molecule has 1 aromatic carbocycles. The molecule has 4 nitrogen and oxygen atoms in total. The summed E-state index contributed by atoms with van der Waals surface area (Å²) in [5, 5.41) is 4.09. The lowest BCUT2D eigenvalue weighted by Crippen LogP contribution is -2.14. The van der Waals surface area contributed by atoms with Crippen molar-refractivity contribution in [2.45, 2.75) is 48.0 Å². The van der Waals surface area contributed by atoms with Crippen LogP contribution in [0.1, 0.15) is 50.8 Å². The molecule has 0 N–H and O–H groups in total. The van der Waals surface area contributed by atoms with E-state index in [1.54, 1.807) is 6.21 Å². The summed E-state index contributed by atoms with van der Waals surface area (Å²) < 4.78 is 0. The zero-order valence-corrected chi connectivity index (χ0v) is 15.7. The van der Waals surface area contributed by atoms with E-state index >= 15 is 0 Å². The summed E-state index contributed by atoms with van der Waals surface area (Å²) in [6, 6.07) is 4.19. The third kappa shape index (κ3) is 7.31. The fourth-order valence-corrected chi connectivity index (χ4v) is 1.84. The van der Waals surface area contributed by atoms with Crippen LogP contribution in [-0.4, -0.2) is 37.7 Å². The summed E-state index contributed by atoms with van der Waals surface area (Å²) in [5.74, 6) is 0. The van der Waals surface area contributed by atoms with Crippen molar-refractivity contribution in [3.05, 3.63) is 28.8 Å². The summed E-state index contributed by atoms with van der Waals surface area (Å²) in [4.78, 5) is 12.0. The minimum absolute atomic E-state index is 0.271. The van der Waals surface area contributed by atoms with Crippen LogP contribution < -0.4 is 0 Å². The number of aliphatic imine (C=N–C) groups is 1. The molecule has 0 aliphatic rings. The molecular weight excluding hydrogens is 286 g/mol. The van der Waals surface area contributed by atoms with Crippen LogP contribution in [0.4, 0.5) is 5.69 Å². The van der Waals surface area contributed by atoms with Gasteiger partial charge in [-0.2, -0.15) is 0 Å². The number of rotatable bonds is 7. The first-order chi connectivity index (χ1) is 10.7. The van der Waals surface area contributed by atoms with Crippen molar-refractivity contribution in [1.82, 2.24) is 4.90 Å². The van der Waals surface area contributed by atoms with Crippen LogP contribution in [0.5, 0.6) is 0 Å². The van der Waals surface area contributed by atoms with Crippen molar-refractivity contribution < 1.29 is 4.84 Å². The Morgan fingerprint density at radius 3 is 2.48 bits per heavy atom. The zero-order chi connectivity index (χ0) is 17.5. The fraction of sp³-hybridized carbons (Fsp3) is 0.579. The SMILES string of the molecule is CCN(C)/C=N\c1cc(C)c(/C=N/OCCC(C)(C)C)cc1C. The van der Waals surface area contributed by atoms with E-state index in [2.05, 4.69) is 63.8 Å². The predicted molar refractivity (Wildman–Crippen MR) is 100.0 cm³/mol. The molecule has 0 bridgehead atoms. The first kappa shape index (κ1) is 19.2. The number of nitrogens with zero attached hydrogens (tertiary/aromatic N) is 3. The molecule has 0 unspecified atom stereocenters. The molecule has 0 atom stereocenters. The Morgan fingerprint density at radius 2 is 1.87 bits per heavy atom. The zero-order valence-electron chi connectivity index (χ0n) is 15.7. The lowest BCUT2D eigenvalue weighted by Gasteiger charge is -2.16. The van der Waals surface area contributed by atoms with E-state index in [0.29, 0.717) is 6.61 Å². The predicted octanol–water partition coefficient (Wildman–Crippen LogP) is 4.70. The molecular formula is C19H31N3O. The van der Waals surface area contributed by atoms with Crippen LogP contribution in [0, 0.1) is 19.3 Å². The number of benzene rings is 1. The molecule has 23 heavy (non-hydrogen) atoms. The Labute approximate surface area is 141 Å². The minimum atomic E-state index is 0.271. The van der Waals surface area contributed by atoms with E-state index in [1.165, 1.54) is 0 Å². The largest absolute Gasteiger partial charge is 0.396 e. The third-order valence-corrected chi connectivity index (χ3v) is 3.69. The number of hydrogen-bond acceptors (Lipinski definition) is 3. The summed E-state index contributed by atoms with van der Waals surface area (Å²) in [6.07, 6.45) is 4.64. The van der Waals surface area contributed by atoms with Gasteiger partial charge in [-0.05, 0) is 61.4 Å². The quantitative estimate of drug-likeness (QED) is 0.316. The van der Waals surface area contributed by atoms with E-state index in [1.807, 2.05) is 18.3 Å². The topological polar surface area (TPSA) is 37.2 Å². The third-order valence-electron chi connectivity index (χ3n) is 3.69. The highest BCUT2D eigenvalue weighted by atomic mass is 16.6. The number of aryl methyl sites for hydroxylation is 2. The summed E-state index contributed by atoms with van der Waals surface area (Å²) in [5.41, 5.74) is 4.61. The monoisotopic (exact) mass is 317 g/mol. The molecule has 0 amide bonds. The van der Waals surface area contributed by atoms with Crippen LogP contribution in [0.3, 0.4) is 0 Å². The maximum atomic E-state index is 5.37. The minimum Gasteiger partial charge on any atom is -0.396 e. The van der Waals surface area contributed by atoms with Crippen molar-refractivity contribution in [3.8, 4) is 0 Å². The van der Waals surface area contributed by atoms with E-state index in [-0.39, 0.29) is 5.41 Å². The van der Waals surface area contributed by atoms with Gasteiger partial charge in [0.15, 0.2) is 0 Å². The maximum absolute atomic E-state index is 5.37. The van der Waals surface area contributed by atoms with Gasteiger partial charge in [-0.25, -0.2) is 4.99 Å². The molecule has 0 saturated carbocycles. The van der Waals surface area contributed by atoms with Gasteiger partial charge in [0.05, 0.1) is 18.2 Å². The van der Waals surface area contributed by atoms with Crippen LogP contribution in [-0.2, 0) is 4.84 Å². The Bertz CT molecular complexity index is 556. The molecule has 0 spiro atoms. The number of oxime groups is 1. The Balaban J connectivity index is 2.71. The molecule has 1 rings (SSSR count). The molecule has 0 aliphatic heterocycles.